The molecule has 0 aromatic heterocycles. The highest BCUT2D eigenvalue weighted by atomic mass is 79.9. The van der Waals surface area contributed by atoms with Crippen LogP contribution in [0.25, 0.3) is 0 Å². The Morgan fingerprint density at radius 3 is 2.64 bits per heavy atom. The van der Waals surface area contributed by atoms with Crippen molar-refractivity contribution in [3.8, 4) is 0 Å². The van der Waals surface area contributed by atoms with Gasteiger partial charge in [0.2, 0.25) is 0 Å². The van der Waals surface area contributed by atoms with E-state index < -0.39 is 5.82 Å². The third kappa shape index (κ3) is 2.34. The Labute approximate surface area is 95.4 Å². The molecule has 14 heavy (non-hydrogen) atoms. The number of benzene rings is 1. The lowest BCUT2D eigenvalue weighted by atomic mass is 10.1. The van der Waals surface area contributed by atoms with E-state index in [0.717, 1.165) is 0 Å². The van der Waals surface area contributed by atoms with Crippen molar-refractivity contribution in [1.82, 2.24) is 0 Å². The second kappa shape index (κ2) is 4.41. The van der Waals surface area contributed by atoms with Gasteiger partial charge in [0, 0.05) is 5.56 Å². The van der Waals surface area contributed by atoms with Crippen LogP contribution in [0, 0.1) is 12.7 Å². The lowest BCUT2D eigenvalue weighted by molar-refractivity contribution is 0.0996. The van der Waals surface area contributed by atoms with Gasteiger partial charge in [0.1, 0.15) is 5.82 Å². The fourth-order valence-electron chi connectivity index (χ4n) is 1.06. The smallest absolute Gasteiger partial charge is 0.177 e. The van der Waals surface area contributed by atoms with Gasteiger partial charge in [-0.15, -0.1) is 0 Å². The van der Waals surface area contributed by atoms with Gasteiger partial charge in [-0.1, -0.05) is 27.5 Å². The molecule has 0 aliphatic rings. The van der Waals surface area contributed by atoms with Gasteiger partial charge >= 0.3 is 0 Å². The van der Waals surface area contributed by atoms with Crippen LogP contribution >= 0.6 is 27.5 Å². The second-order valence-electron chi connectivity index (χ2n) is 3.06. The summed E-state index contributed by atoms with van der Waals surface area (Å²) < 4.78 is 13.0. The molecule has 4 heteroatoms. The third-order valence-corrected chi connectivity index (χ3v) is 2.60. The molecule has 1 aromatic carbocycles. The van der Waals surface area contributed by atoms with E-state index in [1.807, 2.05) is 0 Å². The van der Waals surface area contributed by atoms with Gasteiger partial charge in [-0.2, -0.15) is 0 Å². The third-order valence-electron chi connectivity index (χ3n) is 1.88. The minimum Gasteiger partial charge on any atom is -0.293 e. The van der Waals surface area contributed by atoms with Crippen molar-refractivity contribution in [1.29, 1.82) is 0 Å². The fraction of sp³-hybridized carbons (Fsp3) is 0.300. The lowest BCUT2D eigenvalue weighted by Crippen LogP contribution is -2.11. The van der Waals surface area contributed by atoms with Gasteiger partial charge in [0.25, 0.3) is 0 Å². The van der Waals surface area contributed by atoms with E-state index in [9.17, 15) is 9.18 Å². The maximum Gasteiger partial charge on any atom is 0.177 e. The second-order valence-corrected chi connectivity index (χ2v) is 4.84. The normalized spacial score (nSPS) is 12.6. The number of ketones is 1. The fourth-order valence-corrected chi connectivity index (χ4v) is 1.55. The van der Waals surface area contributed by atoms with Gasteiger partial charge in [-0.3, -0.25) is 4.79 Å². The minimum absolute atomic E-state index is 0.141. The van der Waals surface area contributed by atoms with E-state index in [2.05, 4.69) is 15.9 Å². The zero-order chi connectivity index (χ0) is 10.9. The predicted octanol–water partition coefficient (Wildman–Crippen LogP) is 3.75. The Kier molecular flexibility index (Phi) is 3.67. The summed E-state index contributed by atoms with van der Waals surface area (Å²) in [4.78, 5) is 11.3. The molecule has 0 fully saturated rings. The van der Waals surface area contributed by atoms with E-state index in [1.54, 1.807) is 13.8 Å². The predicted molar refractivity (Wildman–Crippen MR) is 58.9 cm³/mol. The monoisotopic (exact) mass is 278 g/mol. The van der Waals surface area contributed by atoms with Crippen LogP contribution in [0.4, 0.5) is 4.39 Å². The molecule has 0 saturated heterocycles. The zero-order valence-corrected chi connectivity index (χ0v) is 10.1. The van der Waals surface area contributed by atoms with E-state index in [-0.39, 0.29) is 15.6 Å². The average molecular weight is 280 g/mol. The SMILES string of the molecule is Cc1cc(C(=O)C(C)Br)c(Cl)cc1F. The molecule has 0 aliphatic heterocycles. The van der Waals surface area contributed by atoms with Crippen molar-refractivity contribution in [3.63, 3.8) is 0 Å². The highest BCUT2D eigenvalue weighted by molar-refractivity contribution is 9.10. The summed E-state index contributed by atoms with van der Waals surface area (Å²) in [5.41, 5.74) is 0.779. The molecular formula is C10H9BrClFO. The van der Waals surface area contributed by atoms with Crippen LogP contribution in [-0.4, -0.2) is 10.6 Å². The lowest BCUT2D eigenvalue weighted by Gasteiger charge is -2.07. The first kappa shape index (κ1) is 11.7. The molecule has 0 spiro atoms. The van der Waals surface area contributed by atoms with Gasteiger partial charge in [-0.25, -0.2) is 4.39 Å². The standard InChI is InChI=1S/C10H9BrClFO/c1-5-3-7(10(14)6(2)11)8(12)4-9(5)13/h3-4,6H,1-2H3. The maximum atomic E-state index is 13.0. The molecule has 0 bridgehead atoms. The largest absolute Gasteiger partial charge is 0.293 e. The van der Waals surface area contributed by atoms with Crippen LogP contribution in [0.2, 0.25) is 5.02 Å². The molecule has 76 valence electrons. The van der Waals surface area contributed by atoms with Crippen molar-refractivity contribution in [2.24, 2.45) is 0 Å². The molecule has 1 atom stereocenters. The van der Waals surface area contributed by atoms with Crippen LogP contribution in [0.5, 0.6) is 0 Å². The molecule has 0 amide bonds. The molecule has 0 aliphatic carbocycles. The Hall–Kier alpha value is -0.410. The van der Waals surface area contributed by atoms with Gasteiger partial charge in [-0.05, 0) is 31.5 Å². The van der Waals surface area contributed by atoms with Crippen molar-refractivity contribution >= 4 is 33.3 Å². The van der Waals surface area contributed by atoms with E-state index in [4.69, 9.17) is 11.6 Å². The quantitative estimate of drug-likeness (QED) is 0.595. The minimum atomic E-state index is -0.395. The highest BCUT2D eigenvalue weighted by Crippen LogP contribution is 2.23. The molecule has 1 aromatic rings. The number of rotatable bonds is 2. The Morgan fingerprint density at radius 2 is 2.14 bits per heavy atom. The number of Topliss-reactive ketones (excluding diaryl/α,β-unsaturated/α-hetero) is 1. The van der Waals surface area contributed by atoms with Gasteiger partial charge < -0.3 is 0 Å². The average Bonchev–Trinajstić information content (AvgIpc) is 2.10. The molecule has 0 saturated carbocycles. The van der Waals surface area contributed by atoms with Crippen molar-refractivity contribution < 1.29 is 9.18 Å². The number of hydrogen-bond donors (Lipinski definition) is 0. The van der Waals surface area contributed by atoms with Crippen LogP contribution in [0.1, 0.15) is 22.8 Å². The summed E-state index contributed by atoms with van der Waals surface area (Å²) in [6, 6.07) is 2.64. The van der Waals surface area contributed by atoms with Crippen molar-refractivity contribution in [3.05, 3.63) is 34.1 Å². The van der Waals surface area contributed by atoms with E-state index in [1.165, 1.54) is 12.1 Å². The maximum absolute atomic E-state index is 13.0. The summed E-state index contributed by atoms with van der Waals surface area (Å²) in [5.74, 6) is -0.535. The van der Waals surface area contributed by atoms with E-state index >= 15 is 0 Å². The Morgan fingerprint density at radius 1 is 1.57 bits per heavy atom. The summed E-state index contributed by atoms with van der Waals surface area (Å²) >= 11 is 8.91. The molecule has 1 rings (SSSR count). The molecular weight excluding hydrogens is 270 g/mol. The Bertz CT molecular complexity index is 377. The van der Waals surface area contributed by atoms with Crippen LogP contribution in [-0.2, 0) is 0 Å². The first-order chi connectivity index (χ1) is 6.43. The number of halogens is 3. The summed E-state index contributed by atoms with van der Waals surface area (Å²) in [6.45, 7) is 3.30. The topological polar surface area (TPSA) is 17.1 Å². The van der Waals surface area contributed by atoms with Crippen LogP contribution in [0.15, 0.2) is 12.1 Å². The number of carbonyl (C=O) groups excluding carboxylic acids is 1. The number of hydrogen-bond acceptors (Lipinski definition) is 1. The summed E-state index contributed by atoms with van der Waals surface area (Å²) in [5, 5.41) is 0.157. The molecule has 0 heterocycles. The van der Waals surface area contributed by atoms with Crippen molar-refractivity contribution in [2.45, 2.75) is 18.7 Å². The van der Waals surface area contributed by atoms with Crippen molar-refractivity contribution in [2.75, 3.05) is 0 Å². The van der Waals surface area contributed by atoms with Crippen LogP contribution in [0.3, 0.4) is 0 Å². The molecule has 1 unspecified atom stereocenters. The molecule has 0 radical (unpaired) electrons. The zero-order valence-electron chi connectivity index (χ0n) is 7.77. The first-order valence-corrected chi connectivity index (χ1v) is 5.36. The van der Waals surface area contributed by atoms with Gasteiger partial charge in [0.15, 0.2) is 5.78 Å². The number of alkyl halides is 1. The summed E-state index contributed by atoms with van der Waals surface area (Å²) in [7, 11) is 0. The number of carbonyl (C=O) groups is 1. The number of aryl methyl sites for hydroxylation is 1. The molecule has 1 nitrogen and oxygen atoms in total. The van der Waals surface area contributed by atoms with Crippen LogP contribution < -0.4 is 0 Å². The summed E-state index contributed by atoms with van der Waals surface area (Å²) in [6.07, 6.45) is 0. The Balaban J connectivity index is 3.22. The molecule has 0 N–H and O–H groups in total. The first-order valence-electron chi connectivity index (χ1n) is 4.07. The highest BCUT2D eigenvalue weighted by Gasteiger charge is 2.16. The van der Waals surface area contributed by atoms with Gasteiger partial charge in [0.05, 0.1) is 9.85 Å². The van der Waals surface area contributed by atoms with E-state index in [0.29, 0.717) is 11.1 Å².